The van der Waals surface area contributed by atoms with Gasteiger partial charge in [-0.05, 0) is 50.5 Å². The average Bonchev–Trinajstić information content (AvgIpc) is 3.72. The van der Waals surface area contributed by atoms with E-state index in [2.05, 4.69) is 36.6 Å². The fraction of sp³-hybridized carbons (Fsp3) is 0.647. The number of nitrogens with zero attached hydrogens (tertiary/aromatic N) is 3. The van der Waals surface area contributed by atoms with Gasteiger partial charge in [0.25, 0.3) is 5.91 Å². The standard InChI is InChI=1S/C34H46F4N8O7S3/c35-27-26(28(36)30(38)32(29(27)37)45-46-39)33(52)42-19(21(47)12-16-55-56-17-13-25(50)51)8-5-7-15-41-23(48)10-2-1-6-14-40-24(49)11-4-3-9-22-31-20(18-54-22)43-34(53)44-31/h19-20,22,31H,1-18H2,(H,40,49)(H,41,48)(H,42,52)(H,50,51)(H2,43,44,53)/t19?,20-,22-,31-/m0/s1. The molecule has 22 heteroatoms. The molecule has 1 unspecified atom stereocenters. The topological polar surface area (TPSA) is 232 Å². The van der Waals surface area contributed by atoms with Gasteiger partial charge in [-0.15, -0.1) is 0 Å². The Morgan fingerprint density at radius 2 is 1.45 bits per heavy atom. The Morgan fingerprint density at radius 3 is 2.07 bits per heavy atom. The van der Waals surface area contributed by atoms with Crippen LogP contribution < -0.4 is 26.6 Å². The van der Waals surface area contributed by atoms with Gasteiger partial charge in [0, 0.05) is 59.8 Å². The van der Waals surface area contributed by atoms with E-state index in [1.807, 2.05) is 11.8 Å². The molecule has 2 aliphatic heterocycles. The number of carboxylic acids is 1. The zero-order valence-corrected chi connectivity index (χ0v) is 33.0. The van der Waals surface area contributed by atoms with Crippen molar-refractivity contribution in [3.63, 3.8) is 0 Å². The third kappa shape index (κ3) is 15.2. The van der Waals surface area contributed by atoms with Crippen molar-refractivity contribution in [3.05, 3.63) is 39.3 Å². The van der Waals surface area contributed by atoms with Crippen molar-refractivity contribution in [2.45, 2.75) is 107 Å². The van der Waals surface area contributed by atoms with E-state index < -0.39 is 58.2 Å². The zero-order valence-electron chi connectivity index (χ0n) is 30.5. The minimum atomic E-state index is -2.10. The van der Waals surface area contributed by atoms with Crippen molar-refractivity contribution in [2.75, 3.05) is 30.3 Å². The number of urea groups is 1. The quantitative estimate of drug-likeness (QED) is 0.00912. The van der Waals surface area contributed by atoms with Gasteiger partial charge in [0.05, 0.1) is 24.5 Å². The highest BCUT2D eigenvalue weighted by atomic mass is 33.1. The van der Waals surface area contributed by atoms with Gasteiger partial charge in [0.15, 0.2) is 29.1 Å². The fourth-order valence-electron chi connectivity index (χ4n) is 6.03. The molecule has 1 aromatic carbocycles. The van der Waals surface area contributed by atoms with Gasteiger partial charge >= 0.3 is 12.0 Å². The largest absolute Gasteiger partial charge is 0.481 e. The minimum absolute atomic E-state index is 0.0205. The maximum Gasteiger partial charge on any atom is 0.315 e. The van der Waals surface area contributed by atoms with E-state index in [1.165, 1.54) is 21.6 Å². The van der Waals surface area contributed by atoms with Gasteiger partial charge in [-0.25, -0.2) is 22.4 Å². The Kier molecular flexibility index (Phi) is 20.5. The monoisotopic (exact) mass is 850 g/mol. The number of azide groups is 1. The predicted octanol–water partition coefficient (Wildman–Crippen LogP) is 5.79. The van der Waals surface area contributed by atoms with E-state index in [1.54, 1.807) is 0 Å². The van der Waals surface area contributed by atoms with Crippen molar-refractivity contribution < 1.29 is 51.4 Å². The summed E-state index contributed by atoms with van der Waals surface area (Å²) in [5.41, 5.74) is 5.22. The number of Topliss-reactive ketones (excluding diaryl/α,β-unsaturated/α-hetero) is 1. The normalized spacial score (nSPS) is 17.6. The minimum Gasteiger partial charge on any atom is -0.481 e. The Hall–Kier alpha value is -3.88. The molecular weight excluding hydrogens is 805 g/mol. The molecule has 2 saturated heterocycles. The number of carbonyl (C=O) groups excluding carboxylic acids is 5. The van der Waals surface area contributed by atoms with Crippen LogP contribution in [0.2, 0.25) is 0 Å². The molecule has 1 aromatic rings. The second kappa shape index (κ2) is 24.7. The lowest BCUT2D eigenvalue weighted by molar-refractivity contribution is -0.136. The van der Waals surface area contributed by atoms with E-state index >= 15 is 0 Å². The van der Waals surface area contributed by atoms with Crippen LogP contribution in [-0.2, 0) is 19.2 Å². The summed E-state index contributed by atoms with van der Waals surface area (Å²) in [5, 5.41) is 25.4. The maximum absolute atomic E-state index is 14.6. The van der Waals surface area contributed by atoms with Crippen LogP contribution >= 0.6 is 33.3 Å². The lowest BCUT2D eigenvalue weighted by Crippen LogP contribution is -2.42. The second-order valence-corrected chi connectivity index (χ2v) is 17.0. The Labute approximate surface area is 333 Å². The van der Waals surface area contributed by atoms with Crippen LogP contribution in [0.5, 0.6) is 0 Å². The molecule has 3 rings (SSSR count). The number of ketones is 1. The Morgan fingerprint density at radius 1 is 0.839 bits per heavy atom. The molecule has 310 valence electrons. The van der Waals surface area contributed by atoms with E-state index in [0.717, 1.165) is 31.4 Å². The number of hydrogen-bond acceptors (Lipinski definition) is 10. The first-order valence-corrected chi connectivity index (χ1v) is 21.8. The smallest absolute Gasteiger partial charge is 0.315 e. The van der Waals surface area contributed by atoms with E-state index in [9.17, 15) is 46.3 Å². The molecule has 2 heterocycles. The molecule has 0 saturated carbocycles. The predicted molar refractivity (Wildman–Crippen MR) is 205 cm³/mol. The van der Waals surface area contributed by atoms with Gasteiger partial charge < -0.3 is 31.7 Å². The van der Waals surface area contributed by atoms with Crippen molar-refractivity contribution in [1.82, 2.24) is 26.6 Å². The Balaban J connectivity index is 1.33. The summed E-state index contributed by atoms with van der Waals surface area (Å²) in [4.78, 5) is 74.6. The van der Waals surface area contributed by atoms with Gasteiger partial charge in [-0.2, -0.15) is 11.8 Å². The summed E-state index contributed by atoms with van der Waals surface area (Å²) in [5.74, 6) is -10.3. The summed E-state index contributed by atoms with van der Waals surface area (Å²) < 4.78 is 57.8. The molecule has 6 N–H and O–H groups in total. The number of halogens is 4. The average molecular weight is 851 g/mol. The number of nitrogens with one attached hydrogen (secondary N) is 5. The fourth-order valence-corrected chi connectivity index (χ4v) is 9.56. The molecule has 0 aliphatic carbocycles. The first-order valence-electron chi connectivity index (χ1n) is 18.3. The van der Waals surface area contributed by atoms with Crippen LogP contribution in [0.25, 0.3) is 10.4 Å². The molecule has 0 radical (unpaired) electrons. The van der Waals surface area contributed by atoms with Crippen molar-refractivity contribution >= 4 is 74.5 Å². The van der Waals surface area contributed by atoms with E-state index in [0.29, 0.717) is 37.5 Å². The highest BCUT2D eigenvalue weighted by Gasteiger charge is 2.42. The Bertz CT molecular complexity index is 1600. The lowest BCUT2D eigenvalue weighted by atomic mass is 10.0. The molecule has 0 bridgehead atoms. The van der Waals surface area contributed by atoms with Gasteiger partial charge in [-0.1, -0.05) is 39.5 Å². The highest BCUT2D eigenvalue weighted by Crippen LogP contribution is 2.33. The summed E-state index contributed by atoms with van der Waals surface area (Å²) in [7, 11) is 2.43. The van der Waals surface area contributed by atoms with Crippen LogP contribution in [0, 0.1) is 23.3 Å². The van der Waals surface area contributed by atoms with Crippen molar-refractivity contribution in [2.24, 2.45) is 5.11 Å². The first kappa shape index (κ1) is 46.5. The molecule has 0 spiro atoms. The second-order valence-electron chi connectivity index (χ2n) is 13.1. The third-order valence-electron chi connectivity index (χ3n) is 8.95. The molecule has 2 aliphatic rings. The van der Waals surface area contributed by atoms with Crippen LogP contribution in [0.1, 0.15) is 93.8 Å². The van der Waals surface area contributed by atoms with Gasteiger partial charge in [-0.3, -0.25) is 24.0 Å². The molecular formula is C34H46F4N8O7S3. The molecule has 56 heavy (non-hydrogen) atoms. The van der Waals surface area contributed by atoms with E-state index in [-0.39, 0.29) is 80.1 Å². The number of carboxylic acid groups (broad SMARTS) is 1. The number of amides is 5. The zero-order chi connectivity index (χ0) is 41.0. The van der Waals surface area contributed by atoms with E-state index in [4.69, 9.17) is 10.6 Å². The number of rotatable bonds is 27. The summed E-state index contributed by atoms with van der Waals surface area (Å²) >= 11 is 1.85. The number of hydrogen-bond donors (Lipinski definition) is 6. The summed E-state index contributed by atoms with van der Waals surface area (Å²) in [6.07, 6.45) is 5.69. The summed E-state index contributed by atoms with van der Waals surface area (Å²) in [6.45, 7) is 0.732. The number of thioether (sulfide) groups is 1. The van der Waals surface area contributed by atoms with Crippen LogP contribution in [0.3, 0.4) is 0 Å². The van der Waals surface area contributed by atoms with Crippen molar-refractivity contribution in [1.29, 1.82) is 0 Å². The molecule has 5 amide bonds. The number of unbranched alkanes of at least 4 members (excludes halogenated alkanes) is 4. The maximum atomic E-state index is 14.6. The number of aliphatic carboxylic acids is 1. The van der Waals surface area contributed by atoms with Crippen LogP contribution in [0.4, 0.5) is 28.0 Å². The molecule has 4 atom stereocenters. The van der Waals surface area contributed by atoms with Gasteiger partial charge in [0.2, 0.25) is 11.8 Å². The van der Waals surface area contributed by atoms with Crippen molar-refractivity contribution in [3.8, 4) is 0 Å². The van der Waals surface area contributed by atoms with Gasteiger partial charge in [0.1, 0.15) is 11.3 Å². The summed E-state index contributed by atoms with van der Waals surface area (Å²) in [6, 6.07) is -1.09. The van der Waals surface area contributed by atoms with Crippen LogP contribution in [0.15, 0.2) is 5.11 Å². The molecule has 0 aromatic heterocycles. The van der Waals surface area contributed by atoms with Crippen LogP contribution in [-0.4, -0.2) is 94.3 Å². The SMILES string of the molecule is [N-]=[N+]=Nc1c(F)c(F)c(C(=O)NC(CCCCNC(=O)CCCCCNC(=O)CCCC[C@@H]2SC[C@@H]3NC(=O)N[C@@H]32)C(=O)CCSSCCC(=O)O)c(F)c1F. The highest BCUT2D eigenvalue weighted by molar-refractivity contribution is 8.76. The number of fused-ring (bicyclic) bond motifs is 1. The molecule has 2 fully saturated rings. The number of benzene rings is 1. The first-order chi connectivity index (χ1) is 26.8. The lowest BCUT2D eigenvalue weighted by Gasteiger charge is -2.19. The molecule has 15 nitrogen and oxygen atoms in total. The number of carbonyl (C=O) groups is 6. The third-order valence-corrected chi connectivity index (χ3v) is 12.9.